The summed E-state index contributed by atoms with van der Waals surface area (Å²) in [6.07, 6.45) is 5.30. The summed E-state index contributed by atoms with van der Waals surface area (Å²) in [6.45, 7) is -0.459. The number of hydrogen-bond acceptors (Lipinski definition) is 5. The van der Waals surface area contributed by atoms with Crippen molar-refractivity contribution in [2.75, 3.05) is 11.5 Å². The molecular formula is C26H20ClNO5. The summed E-state index contributed by atoms with van der Waals surface area (Å²) in [5.74, 6) is -1.14. The SMILES string of the molecule is O=C(COC(=O)c1ccccc1N1C(=O)[C@@H]2[C@H]3C=C[C@@H]([C@@H]4C[C@H]34)[C@H]2C1=O)c1ccc(Cl)cc1. The highest BCUT2D eigenvalue weighted by Gasteiger charge is 2.67. The number of allylic oxidation sites excluding steroid dienone is 2. The van der Waals surface area contributed by atoms with Crippen molar-refractivity contribution in [3.8, 4) is 0 Å². The number of Topliss-reactive ketones (excluding diaryl/α,β-unsaturated/α-hetero) is 1. The van der Waals surface area contributed by atoms with Crippen LogP contribution in [0.4, 0.5) is 5.69 Å². The molecule has 6 atom stereocenters. The lowest BCUT2D eigenvalue weighted by Crippen LogP contribution is -2.40. The maximum absolute atomic E-state index is 13.4. The van der Waals surface area contributed by atoms with Crippen LogP contribution in [0.25, 0.3) is 0 Å². The molecule has 0 spiro atoms. The predicted molar refractivity (Wildman–Crippen MR) is 120 cm³/mol. The van der Waals surface area contributed by atoms with E-state index in [1.807, 2.05) is 0 Å². The number of carbonyl (C=O) groups is 4. The Hall–Kier alpha value is -3.25. The minimum Gasteiger partial charge on any atom is -0.454 e. The van der Waals surface area contributed by atoms with Crippen molar-refractivity contribution in [2.24, 2.45) is 35.5 Å². The summed E-state index contributed by atoms with van der Waals surface area (Å²) >= 11 is 5.84. The van der Waals surface area contributed by atoms with E-state index in [2.05, 4.69) is 12.2 Å². The lowest BCUT2D eigenvalue weighted by molar-refractivity contribution is -0.124. The number of anilines is 1. The molecule has 2 saturated carbocycles. The quantitative estimate of drug-likeness (QED) is 0.291. The van der Waals surface area contributed by atoms with E-state index in [0.717, 1.165) is 6.42 Å². The van der Waals surface area contributed by atoms with Gasteiger partial charge >= 0.3 is 5.97 Å². The van der Waals surface area contributed by atoms with Gasteiger partial charge < -0.3 is 4.74 Å². The number of rotatable bonds is 5. The number of para-hydroxylation sites is 1. The van der Waals surface area contributed by atoms with E-state index < -0.39 is 12.6 Å². The third-order valence-electron chi connectivity index (χ3n) is 7.53. The zero-order valence-electron chi connectivity index (χ0n) is 17.5. The number of ketones is 1. The molecule has 5 aliphatic rings. The zero-order chi connectivity index (χ0) is 22.9. The van der Waals surface area contributed by atoms with Gasteiger partial charge in [-0.05, 0) is 66.5 Å². The Morgan fingerprint density at radius 3 is 2.15 bits per heavy atom. The van der Waals surface area contributed by atoms with Crippen molar-refractivity contribution >= 4 is 40.9 Å². The number of ether oxygens (including phenoxy) is 1. The van der Waals surface area contributed by atoms with Crippen LogP contribution >= 0.6 is 11.6 Å². The second-order valence-electron chi connectivity index (χ2n) is 9.19. The van der Waals surface area contributed by atoms with Gasteiger partial charge in [-0.2, -0.15) is 0 Å². The molecule has 0 aromatic heterocycles. The first-order chi connectivity index (χ1) is 16.0. The standard InChI is InChI=1S/C26H20ClNO5/c27-14-7-5-13(6-8-14)21(29)12-33-26(32)17-3-1-2-4-20(17)28-24(30)22-15-9-10-16(19-11-18(15)19)23(22)25(28)31/h1-10,15-16,18-19,22-23H,11-12H2/t15-,16-,18-,19+,22+,23+/m0/s1. The van der Waals surface area contributed by atoms with E-state index in [4.69, 9.17) is 16.3 Å². The first kappa shape index (κ1) is 20.4. The molecule has 2 bridgehead atoms. The van der Waals surface area contributed by atoms with Gasteiger partial charge in [-0.1, -0.05) is 35.9 Å². The Morgan fingerprint density at radius 2 is 1.52 bits per heavy atom. The van der Waals surface area contributed by atoms with E-state index in [1.165, 1.54) is 11.0 Å². The van der Waals surface area contributed by atoms with E-state index in [0.29, 0.717) is 22.4 Å². The summed E-state index contributed by atoms with van der Waals surface area (Å²) in [4.78, 5) is 53.3. The number of carbonyl (C=O) groups excluding carboxylic acids is 4. The van der Waals surface area contributed by atoms with Gasteiger partial charge in [0.1, 0.15) is 0 Å². The van der Waals surface area contributed by atoms with Crippen molar-refractivity contribution in [3.63, 3.8) is 0 Å². The number of halogens is 1. The van der Waals surface area contributed by atoms with Crippen molar-refractivity contribution in [1.82, 2.24) is 0 Å². The number of hydrogen-bond donors (Lipinski definition) is 0. The number of esters is 1. The highest BCUT2D eigenvalue weighted by Crippen LogP contribution is 2.65. The van der Waals surface area contributed by atoms with Crippen molar-refractivity contribution in [1.29, 1.82) is 0 Å². The summed E-state index contributed by atoms with van der Waals surface area (Å²) in [6, 6.07) is 12.7. The molecule has 2 amide bonds. The van der Waals surface area contributed by atoms with Crippen molar-refractivity contribution in [2.45, 2.75) is 6.42 Å². The molecule has 2 aromatic carbocycles. The monoisotopic (exact) mass is 461 g/mol. The second-order valence-corrected chi connectivity index (χ2v) is 9.63. The molecule has 33 heavy (non-hydrogen) atoms. The average molecular weight is 462 g/mol. The van der Waals surface area contributed by atoms with Crippen LogP contribution in [0.1, 0.15) is 27.1 Å². The van der Waals surface area contributed by atoms with Gasteiger partial charge in [0.2, 0.25) is 11.8 Å². The molecule has 6 nitrogen and oxygen atoms in total. The topological polar surface area (TPSA) is 80.8 Å². The minimum atomic E-state index is -0.757. The zero-order valence-corrected chi connectivity index (χ0v) is 18.3. The second kappa shape index (κ2) is 7.39. The van der Waals surface area contributed by atoms with E-state index in [-0.39, 0.29) is 52.5 Å². The highest BCUT2D eigenvalue weighted by molar-refractivity contribution is 6.30. The fraction of sp³-hybridized carbons (Fsp3) is 0.308. The first-order valence-electron chi connectivity index (χ1n) is 11.1. The molecule has 1 saturated heterocycles. The molecule has 0 unspecified atom stereocenters. The minimum absolute atomic E-state index is 0.0900. The van der Waals surface area contributed by atoms with Crippen LogP contribution in [0.3, 0.4) is 0 Å². The van der Waals surface area contributed by atoms with Gasteiger partial charge in [-0.15, -0.1) is 0 Å². The van der Waals surface area contributed by atoms with Gasteiger partial charge in [0.05, 0.1) is 23.1 Å². The molecule has 1 aliphatic heterocycles. The Labute approximate surface area is 195 Å². The van der Waals surface area contributed by atoms with Crippen LogP contribution in [-0.4, -0.2) is 30.2 Å². The van der Waals surface area contributed by atoms with E-state index in [1.54, 1.807) is 42.5 Å². The lowest BCUT2D eigenvalue weighted by Gasteiger charge is -2.37. The number of benzene rings is 2. The van der Waals surface area contributed by atoms with Crippen LogP contribution in [0.5, 0.6) is 0 Å². The summed E-state index contributed by atoms with van der Waals surface area (Å²) in [5.41, 5.74) is 0.683. The van der Waals surface area contributed by atoms with Crippen LogP contribution in [0.2, 0.25) is 5.02 Å². The summed E-state index contributed by atoms with van der Waals surface area (Å²) in [5, 5.41) is 0.499. The van der Waals surface area contributed by atoms with Crippen LogP contribution in [0, 0.1) is 35.5 Å². The number of nitrogens with zero attached hydrogens (tertiary/aromatic N) is 1. The van der Waals surface area contributed by atoms with Crippen molar-refractivity contribution in [3.05, 3.63) is 76.8 Å². The van der Waals surface area contributed by atoms with E-state index in [9.17, 15) is 19.2 Å². The summed E-state index contributed by atoms with van der Waals surface area (Å²) in [7, 11) is 0. The molecule has 0 radical (unpaired) electrons. The first-order valence-corrected chi connectivity index (χ1v) is 11.4. The highest BCUT2D eigenvalue weighted by atomic mass is 35.5. The average Bonchev–Trinajstić information content (AvgIpc) is 3.61. The smallest absolute Gasteiger partial charge is 0.340 e. The molecule has 4 aliphatic carbocycles. The fourth-order valence-corrected chi connectivity index (χ4v) is 6.09. The number of imide groups is 1. The molecule has 166 valence electrons. The number of amides is 2. The molecule has 0 N–H and O–H groups in total. The third-order valence-corrected chi connectivity index (χ3v) is 7.78. The fourth-order valence-electron chi connectivity index (χ4n) is 5.96. The maximum Gasteiger partial charge on any atom is 0.340 e. The van der Waals surface area contributed by atoms with Crippen LogP contribution in [-0.2, 0) is 14.3 Å². The van der Waals surface area contributed by atoms with Gasteiger partial charge in [0, 0.05) is 10.6 Å². The Morgan fingerprint density at radius 1 is 0.909 bits per heavy atom. The third kappa shape index (κ3) is 3.08. The molecule has 7 rings (SSSR count). The normalized spacial score (nSPS) is 30.8. The maximum atomic E-state index is 13.4. The van der Waals surface area contributed by atoms with Crippen molar-refractivity contribution < 1.29 is 23.9 Å². The lowest BCUT2D eigenvalue weighted by atomic mass is 9.63. The van der Waals surface area contributed by atoms with Gasteiger partial charge in [-0.25, -0.2) is 9.69 Å². The molecule has 2 aromatic rings. The Balaban J connectivity index is 1.24. The Kier molecular flexibility index (Phi) is 4.56. The molecular weight excluding hydrogens is 442 g/mol. The van der Waals surface area contributed by atoms with Gasteiger partial charge in [0.25, 0.3) is 0 Å². The van der Waals surface area contributed by atoms with Crippen LogP contribution < -0.4 is 4.90 Å². The molecule has 3 fully saturated rings. The molecule has 1 heterocycles. The predicted octanol–water partition coefficient (Wildman–Crippen LogP) is 3.94. The van der Waals surface area contributed by atoms with Gasteiger partial charge in [-0.3, -0.25) is 14.4 Å². The van der Waals surface area contributed by atoms with Gasteiger partial charge in [0.15, 0.2) is 12.4 Å². The Bertz CT molecular complexity index is 1200. The summed E-state index contributed by atoms with van der Waals surface area (Å²) < 4.78 is 5.26. The van der Waals surface area contributed by atoms with Crippen LogP contribution in [0.15, 0.2) is 60.7 Å². The van der Waals surface area contributed by atoms with E-state index >= 15 is 0 Å². The molecule has 7 heteroatoms. The largest absolute Gasteiger partial charge is 0.454 e.